The monoisotopic (exact) mass is 332 g/mol. The third-order valence-electron chi connectivity index (χ3n) is 1.95. The fraction of sp³-hybridized carbons (Fsp3) is 0.100. The van der Waals surface area contributed by atoms with Crippen LogP contribution in [-0.4, -0.2) is 22.1 Å². The van der Waals surface area contributed by atoms with Crippen molar-refractivity contribution in [3.63, 3.8) is 0 Å². The minimum Gasteiger partial charge on any atom is -0.467 e. The molecule has 0 aliphatic carbocycles. The Balaban J connectivity index is 2.33. The lowest BCUT2D eigenvalue weighted by atomic mass is 10.3. The quantitative estimate of drug-likeness (QED) is 0.935. The number of aromatic nitrogens is 3. The lowest BCUT2D eigenvalue weighted by Crippen LogP contribution is -2.02. The molecule has 1 aromatic heterocycles. The third-order valence-corrected chi connectivity index (χ3v) is 2.81. The summed E-state index contributed by atoms with van der Waals surface area (Å²) in [5, 5.41) is 2.80. The number of rotatable bonds is 3. The van der Waals surface area contributed by atoms with Crippen molar-refractivity contribution in [3.05, 3.63) is 33.8 Å². The van der Waals surface area contributed by atoms with Gasteiger partial charge in [-0.05, 0) is 45.7 Å². The van der Waals surface area contributed by atoms with Crippen LogP contribution in [0.5, 0.6) is 6.01 Å². The zero-order valence-corrected chi connectivity index (χ0v) is 11.5. The highest BCUT2D eigenvalue weighted by Gasteiger charge is 2.08. The van der Waals surface area contributed by atoms with Crippen LogP contribution in [0.1, 0.15) is 0 Å². The average Bonchev–Trinajstić information content (AvgIpc) is 2.33. The first-order valence-electron chi connectivity index (χ1n) is 4.76. The Kier molecular flexibility index (Phi) is 3.93. The van der Waals surface area contributed by atoms with E-state index in [1.54, 1.807) is 6.07 Å². The highest BCUT2D eigenvalue weighted by atomic mass is 79.9. The number of hydrogen-bond donors (Lipinski definition) is 1. The molecule has 2 aromatic rings. The topological polar surface area (TPSA) is 59.9 Å². The van der Waals surface area contributed by atoms with Crippen molar-refractivity contribution in [2.45, 2.75) is 0 Å². The maximum atomic E-state index is 13.1. The van der Waals surface area contributed by atoms with Gasteiger partial charge in [0.25, 0.3) is 0 Å². The van der Waals surface area contributed by atoms with Crippen molar-refractivity contribution >= 4 is 39.2 Å². The number of hydrogen-bond acceptors (Lipinski definition) is 5. The number of nitrogens with zero attached hydrogens (tertiary/aromatic N) is 3. The number of halogens is 3. The van der Waals surface area contributed by atoms with Gasteiger partial charge in [0.05, 0.1) is 12.8 Å². The van der Waals surface area contributed by atoms with Crippen molar-refractivity contribution in [2.24, 2.45) is 0 Å². The number of anilines is 2. The summed E-state index contributed by atoms with van der Waals surface area (Å²) in [4.78, 5) is 11.5. The standard InChI is InChI=1S/C10H7BrClFN4O/c1-18-10-16-8(12)15-9(17-10)14-7-4-5(13)2-3-6(7)11/h2-4H,1H3,(H,14,15,16,17). The maximum absolute atomic E-state index is 13.1. The Labute approximate surface area is 116 Å². The van der Waals surface area contributed by atoms with Crippen molar-refractivity contribution in [1.29, 1.82) is 0 Å². The van der Waals surface area contributed by atoms with Gasteiger partial charge in [-0.1, -0.05) is 0 Å². The molecule has 0 amide bonds. The van der Waals surface area contributed by atoms with Gasteiger partial charge in [0, 0.05) is 4.47 Å². The molecule has 0 saturated heterocycles. The second kappa shape index (κ2) is 5.45. The van der Waals surface area contributed by atoms with E-state index in [0.717, 1.165) is 0 Å². The molecule has 0 bridgehead atoms. The van der Waals surface area contributed by atoms with E-state index in [9.17, 15) is 4.39 Å². The Morgan fingerprint density at radius 1 is 1.33 bits per heavy atom. The van der Waals surface area contributed by atoms with E-state index in [0.29, 0.717) is 10.2 Å². The zero-order chi connectivity index (χ0) is 13.1. The van der Waals surface area contributed by atoms with E-state index in [2.05, 4.69) is 36.2 Å². The zero-order valence-electron chi connectivity index (χ0n) is 9.12. The molecule has 0 saturated carbocycles. The fourth-order valence-corrected chi connectivity index (χ4v) is 1.69. The smallest absolute Gasteiger partial charge is 0.322 e. The SMILES string of the molecule is COc1nc(Cl)nc(Nc2cc(F)ccc2Br)n1. The lowest BCUT2D eigenvalue weighted by molar-refractivity contribution is 0.379. The minimum atomic E-state index is -0.382. The van der Waals surface area contributed by atoms with E-state index in [1.807, 2.05) is 0 Å². The molecular formula is C10H7BrClFN4O. The van der Waals surface area contributed by atoms with E-state index >= 15 is 0 Å². The summed E-state index contributed by atoms with van der Waals surface area (Å²) in [6, 6.07) is 4.27. The molecule has 94 valence electrons. The number of methoxy groups -OCH3 is 1. The van der Waals surface area contributed by atoms with Crippen LogP contribution in [0.3, 0.4) is 0 Å². The van der Waals surface area contributed by atoms with Crippen LogP contribution in [0.25, 0.3) is 0 Å². The Morgan fingerprint density at radius 3 is 2.83 bits per heavy atom. The molecule has 0 aliphatic rings. The van der Waals surface area contributed by atoms with Crippen LogP contribution in [-0.2, 0) is 0 Å². The molecule has 2 rings (SSSR count). The second-order valence-corrected chi connectivity index (χ2v) is 4.36. The molecule has 8 heteroatoms. The first kappa shape index (κ1) is 13.0. The summed E-state index contributed by atoms with van der Waals surface area (Å²) < 4.78 is 18.6. The number of benzene rings is 1. The van der Waals surface area contributed by atoms with Crippen molar-refractivity contribution in [2.75, 3.05) is 12.4 Å². The number of ether oxygens (including phenoxy) is 1. The van der Waals surface area contributed by atoms with Crippen LogP contribution in [0.2, 0.25) is 5.28 Å². The molecule has 0 fully saturated rings. The van der Waals surface area contributed by atoms with Crippen LogP contribution in [0.4, 0.5) is 16.0 Å². The average molecular weight is 334 g/mol. The van der Waals surface area contributed by atoms with Gasteiger partial charge in [-0.3, -0.25) is 0 Å². The Hall–Kier alpha value is -1.47. The van der Waals surface area contributed by atoms with Gasteiger partial charge in [-0.2, -0.15) is 15.0 Å². The molecule has 0 atom stereocenters. The summed E-state index contributed by atoms with van der Waals surface area (Å²) in [5.41, 5.74) is 0.472. The second-order valence-electron chi connectivity index (χ2n) is 3.16. The van der Waals surface area contributed by atoms with E-state index in [4.69, 9.17) is 16.3 Å². The molecular weight excluding hydrogens is 326 g/mol. The van der Waals surface area contributed by atoms with Gasteiger partial charge in [-0.25, -0.2) is 4.39 Å². The first-order chi connectivity index (χ1) is 8.58. The molecule has 1 heterocycles. The molecule has 0 spiro atoms. The summed E-state index contributed by atoms with van der Waals surface area (Å²) >= 11 is 8.98. The van der Waals surface area contributed by atoms with Gasteiger partial charge in [0.15, 0.2) is 0 Å². The summed E-state index contributed by atoms with van der Waals surface area (Å²) in [5.74, 6) is -0.217. The van der Waals surface area contributed by atoms with E-state index < -0.39 is 0 Å². The van der Waals surface area contributed by atoms with Gasteiger partial charge in [0.1, 0.15) is 5.82 Å². The predicted octanol–water partition coefficient (Wildman–Crippen LogP) is 3.18. The van der Waals surface area contributed by atoms with Crippen LogP contribution >= 0.6 is 27.5 Å². The molecule has 1 N–H and O–H groups in total. The summed E-state index contributed by atoms with van der Waals surface area (Å²) in [6.45, 7) is 0. The summed E-state index contributed by atoms with van der Waals surface area (Å²) in [6.07, 6.45) is 0. The maximum Gasteiger partial charge on any atom is 0.322 e. The van der Waals surface area contributed by atoms with Crippen molar-refractivity contribution < 1.29 is 9.13 Å². The molecule has 1 aromatic carbocycles. The molecule has 0 radical (unpaired) electrons. The number of nitrogens with one attached hydrogen (secondary N) is 1. The molecule has 0 unspecified atom stereocenters. The normalized spacial score (nSPS) is 10.2. The fourth-order valence-electron chi connectivity index (χ4n) is 1.19. The Morgan fingerprint density at radius 2 is 2.11 bits per heavy atom. The van der Waals surface area contributed by atoms with Gasteiger partial charge in [-0.15, -0.1) is 0 Å². The van der Waals surface area contributed by atoms with Crippen LogP contribution in [0.15, 0.2) is 22.7 Å². The third kappa shape index (κ3) is 3.05. The van der Waals surface area contributed by atoms with E-state index in [1.165, 1.54) is 19.2 Å². The Bertz CT molecular complexity index is 584. The molecule has 5 nitrogen and oxygen atoms in total. The highest BCUT2D eigenvalue weighted by Crippen LogP contribution is 2.26. The van der Waals surface area contributed by atoms with Crippen LogP contribution in [0, 0.1) is 5.82 Å². The van der Waals surface area contributed by atoms with Crippen LogP contribution < -0.4 is 10.1 Å². The first-order valence-corrected chi connectivity index (χ1v) is 5.93. The van der Waals surface area contributed by atoms with Crippen molar-refractivity contribution in [3.8, 4) is 6.01 Å². The summed E-state index contributed by atoms with van der Waals surface area (Å²) in [7, 11) is 1.41. The predicted molar refractivity (Wildman–Crippen MR) is 68.8 cm³/mol. The molecule has 18 heavy (non-hydrogen) atoms. The lowest BCUT2D eigenvalue weighted by Gasteiger charge is -2.07. The molecule has 0 aliphatic heterocycles. The minimum absolute atomic E-state index is 0.0168. The highest BCUT2D eigenvalue weighted by molar-refractivity contribution is 9.10. The van der Waals surface area contributed by atoms with Gasteiger partial charge in [0.2, 0.25) is 11.2 Å². The largest absolute Gasteiger partial charge is 0.467 e. The van der Waals surface area contributed by atoms with Gasteiger partial charge < -0.3 is 10.1 Å². The van der Waals surface area contributed by atoms with Crippen molar-refractivity contribution in [1.82, 2.24) is 15.0 Å². The van der Waals surface area contributed by atoms with Gasteiger partial charge >= 0.3 is 6.01 Å². The van der Waals surface area contributed by atoms with E-state index in [-0.39, 0.29) is 23.1 Å².